The van der Waals surface area contributed by atoms with Crippen LogP contribution in [0.15, 0.2) is 48.5 Å². The lowest BCUT2D eigenvalue weighted by molar-refractivity contribution is -0.136. The van der Waals surface area contributed by atoms with Crippen LogP contribution in [0.25, 0.3) is 11.1 Å². The number of hydrogen-bond acceptors (Lipinski definition) is 3. The zero-order valence-electron chi connectivity index (χ0n) is 18.2. The van der Waals surface area contributed by atoms with Gasteiger partial charge in [0.05, 0.1) is 5.41 Å². The maximum Gasteiger partial charge on any atom is 0.226 e. The van der Waals surface area contributed by atoms with Gasteiger partial charge >= 0.3 is 0 Å². The summed E-state index contributed by atoms with van der Waals surface area (Å²) in [6, 6.07) is 14.8. The molecule has 0 atom stereocenters. The molecule has 0 aliphatic carbocycles. The molecule has 2 aliphatic heterocycles. The van der Waals surface area contributed by atoms with Crippen LogP contribution in [-0.4, -0.2) is 50.2 Å². The molecule has 4 rings (SSSR count). The van der Waals surface area contributed by atoms with E-state index in [1.54, 1.807) is 12.1 Å². The largest absolute Gasteiger partial charge is 0.381 e. The van der Waals surface area contributed by atoms with Crippen molar-refractivity contribution in [2.24, 2.45) is 5.41 Å². The second-order valence-electron chi connectivity index (χ2n) is 8.93. The highest BCUT2D eigenvalue weighted by Gasteiger charge is 2.40. The van der Waals surface area contributed by atoms with Gasteiger partial charge < -0.3 is 15.0 Å². The van der Waals surface area contributed by atoms with Crippen LogP contribution in [0.5, 0.6) is 0 Å². The van der Waals surface area contributed by atoms with Crippen LogP contribution < -0.4 is 5.32 Å². The van der Waals surface area contributed by atoms with Crippen LogP contribution in [0.3, 0.4) is 0 Å². The van der Waals surface area contributed by atoms with E-state index in [-0.39, 0.29) is 11.7 Å². The van der Waals surface area contributed by atoms with Crippen molar-refractivity contribution in [1.82, 2.24) is 10.2 Å². The summed E-state index contributed by atoms with van der Waals surface area (Å²) in [7, 11) is 0. The Kier molecular flexibility index (Phi) is 7.36. The topological polar surface area (TPSA) is 41.6 Å². The van der Waals surface area contributed by atoms with Crippen LogP contribution in [-0.2, 0) is 16.0 Å². The lowest BCUT2D eigenvalue weighted by Gasteiger charge is -2.36. The number of nitrogens with zero attached hydrogens (tertiary/aromatic N) is 1. The second-order valence-corrected chi connectivity index (χ2v) is 8.93. The summed E-state index contributed by atoms with van der Waals surface area (Å²) in [5, 5.41) is 3.24. The van der Waals surface area contributed by atoms with Crippen molar-refractivity contribution < 1.29 is 13.9 Å². The summed E-state index contributed by atoms with van der Waals surface area (Å²) in [5.41, 5.74) is 2.73. The molecule has 2 aromatic rings. The lowest BCUT2D eigenvalue weighted by Crippen LogP contribution is -2.48. The fraction of sp³-hybridized carbons (Fsp3) is 0.500. The van der Waals surface area contributed by atoms with Gasteiger partial charge in [0.1, 0.15) is 5.82 Å². The van der Waals surface area contributed by atoms with Crippen LogP contribution in [0, 0.1) is 11.2 Å². The first-order valence-corrected chi connectivity index (χ1v) is 11.6. The number of nitrogens with one attached hydrogen (secondary N) is 1. The minimum Gasteiger partial charge on any atom is -0.381 e. The Morgan fingerprint density at radius 3 is 2.48 bits per heavy atom. The van der Waals surface area contributed by atoms with Gasteiger partial charge in [-0.1, -0.05) is 42.8 Å². The van der Waals surface area contributed by atoms with Crippen molar-refractivity contribution in [3.8, 4) is 11.1 Å². The minimum atomic E-state index is -0.429. The summed E-state index contributed by atoms with van der Waals surface area (Å²) in [5.74, 6) is -0.0812. The Bertz CT molecular complexity index is 856. The monoisotopic (exact) mass is 424 g/mol. The molecular weight excluding hydrogens is 391 g/mol. The van der Waals surface area contributed by atoms with Gasteiger partial charge in [0.15, 0.2) is 0 Å². The molecule has 2 heterocycles. The quantitative estimate of drug-likeness (QED) is 0.715. The third-order valence-electron chi connectivity index (χ3n) is 6.74. The molecule has 0 spiro atoms. The molecule has 166 valence electrons. The van der Waals surface area contributed by atoms with E-state index in [2.05, 4.69) is 22.3 Å². The number of ether oxygens (including phenoxy) is 1. The standard InChI is InChI=1S/C26H33FN2O2/c27-24-9-7-22(8-10-24)23-6-4-5-21(19-23)20-26(11-17-31-18-12-26)25(30)28-13-16-29-14-2-1-3-15-29/h4-10,19H,1-3,11-18,20H2,(H,28,30). The molecule has 1 N–H and O–H groups in total. The first-order chi connectivity index (χ1) is 15.1. The van der Waals surface area contributed by atoms with E-state index in [0.29, 0.717) is 26.2 Å². The van der Waals surface area contributed by atoms with Gasteiger partial charge in [-0.3, -0.25) is 4.79 Å². The maximum absolute atomic E-state index is 13.3. The second kappa shape index (κ2) is 10.4. The highest BCUT2D eigenvalue weighted by atomic mass is 19.1. The third kappa shape index (κ3) is 5.72. The zero-order chi connectivity index (χ0) is 21.5. The fourth-order valence-electron chi connectivity index (χ4n) is 4.84. The van der Waals surface area contributed by atoms with Crippen LogP contribution in [0.2, 0.25) is 0 Å². The van der Waals surface area contributed by atoms with Gasteiger partial charge in [-0.25, -0.2) is 4.39 Å². The van der Waals surface area contributed by atoms with Crippen molar-refractivity contribution in [2.75, 3.05) is 39.4 Å². The Balaban J connectivity index is 1.44. The third-order valence-corrected chi connectivity index (χ3v) is 6.74. The van der Waals surface area contributed by atoms with Crippen molar-refractivity contribution >= 4 is 5.91 Å². The maximum atomic E-state index is 13.3. The van der Waals surface area contributed by atoms with Crippen molar-refractivity contribution in [3.05, 3.63) is 59.9 Å². The molecule has 0 unspecified atom stereocenters. The Morgan fingerprint density at radius 1 is 1.00 bits per heavy atom. The van der Waals surface area contributed by atoms with E-state index in [0.717, 1.165) is 49.2 Å². The van der Waals surface area contributed by atoms with Gasteiger partial charge in [-0.15, -0.1) is 0 Å². The minimum absolute atomic E-state index is 0.153. The fourth-order valence-corrected chi connectivity index (χ4v) is 4.84. The SMILES string of the molecule is O=C(NCCN1CCCCC1)C1(Cc2cccc(-c3ccc(F)cc3)c2)CCOCC1. The first kappa shape index (κ1) is 22.0. The average Bonchev–Trinajstić information content (AvgIpc) is 2.81. The molecule has 2 saturated heterocycles. The number of carbonyl (C=O) groups excluding carboxylic acids is 1. The molecule has 0 aromatic heterocycles. The molecule has 1 amide bonds. The highest BCUT2D eigenvalue weighted by Crippen LogP contribution is 2.35. The van der Waals surface area contributed by atoms with Gasteiger partial charge in [0.25, 0.3) is 0 Å². The summed E-state index contributed by atoms with van der Waals surface area (Å²) in [4.78, 5) is 15.8. The number of amides is 1. The smallest absolute Gasteiger partial charge is 0.226 e. The van der Waals surface area contributed by atoms with Crippen LogP contribution in [0.4, 0.5) is 4.39 Å². The Hall–Kier alpha value is -2.24. The van der Waals surface area contributed by atoms with Gasteiger partial charge in [-0.05, 0) is 74.0 Å². The molecule has 31 heavy (non-hydrogen) atoms. The summed E-state index contributed by atoms with van der Waals surface area (Å²) >= 11 is 0. The summed E-state index contributed by atoms with van der Waals surface area (Å²) in [6.07, 6.45) is 6.02. The highest BCUT2D eigenvalue weighted by molar-refractivity contribution is 5.83. The summed E-state index contributed by atoms with van der Waals surface area (Å²) in [6.45, 7) is 5.17. The number of carbonyl (C=O) groups is 1. The van der Waals surface area contributed by atoms with Crippen LogP contribution >= 0.6 is 0 Å². The Morgan fingerprint density at radius 2 is 1.74 bits per heavy atom. The Labute approximate surface area is 184 Å². The molecule has 0 radical (unpaired) electrons. The number of hydrogen-bond donors (Lipinski definition) is 1. The number of likely N-dealkylation sites (tertiary alicyclic amines) is 1. The van der Waals surface area contributed by atoms with Gasteiger partial charge in [-0.2, -0.15) is 0 Å². The van der Waals surface area contributed by atoms with E-state index in [9.17, 15) is 9.18 Å². The van der Waals surface area contributed by atoms with Gasteiger partial charge in [0, 0.05) is 26.3 Å². The normalized spacial score (nSPS) is 19.1. The van der Waals surface area contributed by atoms with Gasteiger partial charge in [0.2, 0.25) is 5.91 Å². The molecule has 2 fully saturated rings. The molecule has 0 bridgehead atoms. The molecular formula is C26H33FN2O2. The van der Waals surface area contributed by atoms with Crippen molar-refractivity contribution in [3.63, 3.8) is 0 Å². The molecule has 4 nitrogen and oxygen atoms in total. The molecule has 5 heteroatoms. The van der Waals surface area contributed by atoms with Crippen molar-refractivity contribution in [2.45, 2.75) is 38.5 Å². The number of halogens is 1. The first-order valence-electron chi connectivity index (χ1n) is 11.6. The van der Waals surface area contributed by atoms with E-state index in [4.69, 9.17) is 4.74 Å². The zero-order valence-corrected chi connectivity index (χ0v) is 18.2. The molecule has 2 aliphatic rings. The van der Waals surface area contributed by atoms with E-state index >= 15 is 0 Å². The van der Waals surface area contributed by atoms with E-state index in [1.165, 1.54) is 31.4 Å². The van der Waals surface area contributed by atoms with Crippen molar-refractivity contribution in [1.29, 1.82) is 0 Å². The predicted octanol–water partition coefficient (Wildman–Crippen LogP) is 4.43. The van der Waals surface area contributed by atoms with E-state index < -0.39 is 5.41 Å². The number of rotatable bonds is 7. The summed E-state index contributed by atoms with van der Waals surface area (Å²) < 4.78 is 18.9. The number of benzene rings is 2. The van der Waals surface area contributed by atoms with E-state index in [1.807, 2.05) is 12.1 Å². The molecule has 2 aromatic carbocycles. The molecule has 0 saturated carbocycles. The lowest BCUT2D eigenvalue weighted by atomic mass is 9.74. The average molecular weight is 425 g/mol. The van der Waals surface area contributed by atoms with Crippen LogP contribution in [0.1, 0.15) is 37.7 Å². The predicted molar refractivity (Wildman–Crippen MR) is 121 cm³/mol. The number of piperidine rings is 1.